The summed E-state index contributed by atoms with van der Waals surface area (Å²) < 4.78 is 0. The molecule has 5 nitrogen and oxygen atoms in total. The highest BCUT2D eigenvalue weighted by Crippen LogP contribution is 2.22. The van der Waals surface area contributed by atoms with Crippen molar-refractivity contribution in [3.05, 3.63) is 82.8 Å². The van der Waals surface area contributed by atoms with Crippen molar-refractivity contribution < 1.29 is 4.79 Å². The van der Waals surface area contributed by atoms with E-state index in [0.717, 1.165) is 17.7 Å². The molecule has 0 spiro atoms. The highest BCUT2D eigenvalue weighted by molar-refractivity contribution is 6.30. The second kappa shape index (κ2) is 8.45. The minimum atomic E-state index is -0.237. The molecular weight excluding hydrogens is 348 g/mol. The van der Waals surface area contributed by atoms with Gasteiger partial charge in [0.15, 0.2) is 0 Å². The smallest absolute Gasteiger partial charge is 0.271 e. The first-order valence-electron chi connectivity index (χ1n) is 8.29. The number of aryl methyl sites for hydroxylation is 1. The van der Waals surface area contributed by atoms with Gasteiger partial charge in [0.2, 0.25) is 0 Å². The van der Waals surface area contributed by atoms with Crippen molar-refractivity contribution in [1.29, 1.82) is 0 Å². The Hall–Kier alpha value is -2.92. The van der Waals surface area contributed by atoms with Crippen molar-refractivity contribution in [3.63, 3.8) is 0 Å². The highest BCUT2D eigenvalue weighted by atomic mass is 35.5. The van der Waals surface area contributed by atoms with Crippen LogP contribution in [0.2, 0.25) is 5.02 Å². The van der Waals surface area contributed by atoms with E-state index in [1.165, 1.54) is 18.0 Å². The van der Waals surface area contributed by atoms with Crippen LogP contribution in [0, 0.1) is 6.92 Å². The molecule has 0 radical (unpaired) electrons. The van der Waals surface area contributed by atoms with Gasteiger partial charge in [0.05, 0.1) is 12.4 Å². The molecule has 0 saturated carbocycles. The molecule has 0 unspecified atom stereocenters. The molecule has 0 fully saturated rings. The minimum absolute atomic E-state index is 0.237. The van der Waals surface area contributed by atoms with E-state index in [0.29, 0.717) is 17.4 Å². The standard InChI is InChI=1S/C20H19ClN4O/c1-14-7-8-16(21)11-17(14)25-19-13-23-18(12-24-19)20(26)22-10-9-15-5-3-2-4-6-15/h2-8,11-13H,9-10H2,1H3,(H,22,26)(H,24,25). The molecule has 0 aliphatic heterocycles. The molecule has 3 rings (SSSR count). The van der Waals surface area contributed by atoms with Crippen LogP contribution in [-0.4, -0.2) is 22.4 Å². The van der Waals surface area contributed by atoms with Crippen molar-refractivity contribution in [2.45, 2.75) is 13.3 Å². The number of amides is 1. The Bertz CT molecular complexity index is 882. The van der Waals surface area contributed by atoms with Crippen LogP contribution in [0.5, 0.6) is 0 Å². The van der Waals surface area contributed by atoms with Gasteiger partial charge in [0, 0.05) is 17.3 Å². The Morgan fingerprint density at radius 1 is 1.08 bits per heavy atom. The number of benzene rings is 2. The maximum atomic E-state index is 12.2. The van der Waals surface area contributed by atoms with Crippen molar-refractivity contribution in [1.82, 2.24) is 15.3 Å². The van der Waals surface area contributed by atoms with Gasteiger partial charge in [-0.3, -0.25) is 4.79 Å². The third-order valence-corrected chi connectivity index (χ3v) is 4.12. The number of carbonyl (C=O) groups excluding carboxylic acids is 1. The van der Waals surface area contributed by atoms with E-state index in [1.807, 2.05) is 55.5 Å². The Balaban J connectivity index is 1.56. The van der Waals surface area contributed by atoms with Crippen LogP contribution in [0.4, 0.5) is 11.5 Å². The Kier molecular flexibility index (Phi) is 5.81. The normalized spacial score (nSPS) is 10.4. The SMILES string of the molecule is Cc1ccc(Cl)cc1Nc1cnc(C(=O)NCCc2ccccc2)cn1. The van der Waals surface area contributed by atoms with Gasteiger partial charge in [-0.15, -0.1) is 0 Å². The van der Waals surface area contributed by atoms with Crippen molar-refractivity contribution >= 4 is 29.0 Å². The quantitative estimate of drug-likeness (QED) is 0.687. The monoisotopic (exact) mass is 366 g/mol. The number of anilines is 2. The van der Waals surface area contributed by atoms with E-state index in [2.05, 4.69) is 20.6 Å². The maximum Gasteiger partial charge on any atom is 0.271 e. The zero-order chi connectivity index (χ0) is 18.4. The molecule has 3 aromatic rings. The summed E-state index contributed by atoms with van der Waals surface area (Å²) in [6.45, 7) is 2.52. The summed E-state index contributed by atoms with van der Waals surface area (Å²) in [7, 11) is 0. The highest BCUT2D eigenvalue weighted by Gasteiger charge is 2.08. The molecule has 0 saturated heterocycles. The van der Waals surface area contributed by atoms with E-state index in [4.69, 9.17) is 11.6 Å². The molecule has 0 aliphatic carbocycles. The number of hydrogen-bond donors (Lipinski definition) is 2. The second-order valence-electron chi connectivity index (χ2n) is 5.86. The molecule has 2 N–H and O–H groups in total. The van der Waals surface area contributed by atoms with Gasteiger partial charge in [-0.05, 0) is 36.6 Å². The summed E-state index contributed by atoms with van der Waals surface area (Å²) in [6.07, 6.45) is 3.76. The predicted octanol–water partition coefficient (Wildman–Crippen LogP) is 4.15. The minimum Gasteiger partial charge on any atom is -0.350 e. The Morgan fingerprint density at radius 3 is 2.62 bits per heavy atom. The van der Waals surface area contributed by atoms with Gasteiger partial charge in [-0.2, -0.15) is 0 Å². The van der Waals surface area contributed by atoms with Crippen LogP contribution >= 0.6 is 11.6 Å². The molecule has 6 heteroatoms. The molecule has 2 aromatic carbocycles. The molecule has 26 heavy (non-hydrogen) atoms. The lowest BCUT2D eigenvalue weighted by Gasteiger charge is -2.09. The van der Waals surface area contributed by atoms with Gasteiger partial charge in [0.25, 0.3) is 5.91 Å². The molecule has 1 heterocycles. The van der Waals surface area contributed by atoms with Gasteiger partial charge >= 0.3 is 0 Å². The van der Waals surface area contributed by atoms with Crippen molar-refractivity contribution in [2.24, 2.45) is 0 Å². The Morgan fingerprint density at radius 2 is 1.88 bits per heavy atom. The first-order chi connectivity index (χ1) is 12.6. The Labute approximate surface area is 157 Å². The zero-order valence-corrected chi connectivity index (χ0v) is 15.1. The lowest BCUT2D eigenvalue weighted by atomic mass is 10.1. The number of nitrogens with one attached hydrogen (secondary N) is 2. The molecule has 0 bridgehead atoms. The predicted molar refractivity (Wildman–Crippen MR) is 104 cm³/mol. The van der Waals surface area contributed by atoms with Gasteiger partial charge in [-0.25, -0.2) is 9.97 Å². The van der Waals surface area contributed by atoms with Gasteiger partial charge in [0.1, 0.15) is 11.5 Å². The van der Waals surface area contributed by atoms with Crippen LogP contribution in [0.15, 0.2) is 60.9 Å². The van der Waals surface area contributed by atoms with Crippen LogP contribution < -0.4 is 10.6 Å². The third-order valence-electron chi connectivity index (χ3n) is 3.89. The first-order valence-corrected chi connectivity index (χ1v) is 8.67. The summed E-state index contributed by atoms with van der Waals surface area (Å²) in [6, 6.07) is 15.6. The number of rotatable bonds is 6. The summed E-state index contributed by atoms with van der Waals surface area (Å²) in [5, 5.41) is 6.65. The summed E-state index contributed by atoms with van der Waals surface area (Å²) in [5.74, 6) is 0.315. The molecular formula is C20H19ClN4O. The fourth-order valence-corrected chi connectivity index (χ4v) is 2.60. The second-order valence-corrected chi connectivity index (χ2v) is 6.30. The molecule has 0 atom stereocenters. The van der Waals surface area contributed by atoms with E-state index < -0.39 is 0 Å². The summed E-state index contributed by atoms with van der Waals surface area (Å²) in [4.78, 5) is 20.6. The summed E-state index contributed by atoms with van der Waals surface area (Å²) >= 11 is 6.01. The lowest BCUT2D eigenvalue weighted by molar-refractivity contribution is 0.0949. The maximum absolute atomic E-state index is 12.2. The van der Waals surface area contributed by atoms with Crippen LogP contribution in [0.3, 0.4) is 0 Å². The van der Waals surface area contributed by atoms with Gasteiger partial charge in [-0.1, -0.05) is 48.0 Å². The van der Waals surface area contributed by atoms with E-state index in [9.17, 15) is 4.79 Å². The topological polar surface area (TPSA) is 66.9 Å². The molecule has 1 aromatic heterocycles. The first kappa shape index (κ1) is 17.9. The van der Waals surface area contributed by atoms with Crippen LogP contribution in [0.1, 0.15) is 21.6 Å². The number of aromatic nitrogens is 2. The van der Waals surface area contributed by atoms with E-state index in [-0.39, 0.29) is 11.6 Å². The van der Waals surface area contributed by atoms with Crippen molar-refractivity contribution in [3.8, 4) is 0 Å². The summed E-state index contributed by atoms with van der Waals surface area (Å²) in [5.41, 5.74) is 3.35. The molecule has 0 aliphatic rings. The molecule has 132 valence electrons. The zero-order valence-electron chi connectivity index (χ0n) is 14.4. The number of carbonyl (C=O) groups is 1. The fraction of sp³-hybridized carbons (Fsp3) is 0.150. The van der Waals surface area contributed by atoms with Crippen LogP contribution in [-0.2, 0) is 6.42 Å². The van der Waals surface area contributed by atoms with Crippen LogP contribution in [0.25, 0.3) is 0 Å². The third kappa shape index (κ3) is 4.80. The van der Waals surface area contributed by atoms with E-state index >= 15 is 0 Å². The number of halogens is 1. The average molecular weight is 367 g/mol. The fourth-order valence-electron chi connectivity index (χ4n) is 2.43. The van der Waals surface area contributed by atoms with Crippen molar-refractivity contribution in [2.75, 3.05) is 11.9 Å². The number of nitrogens with zero attached hydrogens (tertiary/aromatic N) is 2. The average Bonchev–Trinajstić information content (AvgIpc) is 2.66. The number of hydrogen-bond acceptors (Lipinski definition) is 4. The molecule has 1 amide bonds. The van der Waals surface area contributed by atoms with E-state index in [1.54, 1.807) is 0 Å². The van der Waals surface area contributed by atoms with Gasteiger partial charge < -0.3 is 10.6 Å². The largest absolute Gasteiger partial charge is 0.350 e. The lowest BCUT2D eigenvalue weighted by Crippen LogP contribution is -2.26.